The SMILES string of the molecule is CC1C2CCC(CC2)C1CC1CCCC2CCCCC21. The van der Waals surface area contributed by atoms with Crippen LogP contribution in [0.4, 0.5) is 0 Å². The zero-order chi connectivity index (χ0) is 13.5. The van der Waals surface area contributed by atoms with E-state index in [0.29, 0.717) is 0 Å². The average molecular weight is 274 g/mol. The summed E-state index contributed by atoms with van der Waals surface area (Å²) in [4.78, 5) is 0. The van der Waals surface area contributed by atoms with E-state index in [4.69, 9.17) is 0 Å². The van der Waals surface area contributed by atoms with Gasteiger partial charge in [-0.2, -0.15) is 0 Å². The van der Waals surface area contributed by atoms with E-state index in [2.05, 4.69) is 6.92 Å². The topological polar surface area (TPSA) is 0 Å². The second-order valence-corrected chi connectivity index (χ2v) is 8.83. The summed E-state index contributed by atoms with van der Waals surface area (Å²) in [6.45, 7) is 2.61. The van der Waals surface area contributed by atoms with Crippen LogP contribution in [0.3, 0.4) is 0 Å². The van der Waals surface area contributed by atoms with Crippen LogP contribution in [-0.2, 0) is 0 Å². The minimum atomic E-state index is 1.06. The molecule has 5 aliphatic rings. The Balaban J connectivity index is 1.45. The molecule has 5 rings (SSSR count). The monoisotopic (exact) mass is 274 g/mol. The van der Waals surface area contributed by atoms with Crippen LogP contribution in [0.15, 0.2) is 0 Å². The first kappa shape index (κ1) is 13.6. The van der Waals surface area contributed by atoms with Gasteiger partial charge in [-0.3, -0.25) is 0 Å². The molecule has 0 aromatic heterocycles. The van der Waals surface area contributed by atoms with Gasteiger partial charge in [-0.25, -0.2) is 0 Å². The molecule has 0 heterocycles. The smallest absolute Gasteiger partial charge is 0.0355 e. The third kappa shape index (κ3) is 2.35. The minimum Gasteiger partial charge on any atom is -0.0620 e. The van der Waals surface area contributed by atoms with E-state index in [1.165, 1.54) is 0 Å². The zero-order valence-electron chi connectivity index (χ0n) is 13.5. The minimum absolute atomic E-state index is 1.06. The van der Waals surface area contributed by atoms with Crippen LogP contribution >= 0.6 is 0 Å². The van der Waals surface area contributed by atoms with E-state index in [1.54, 1.807) is 77.0 Å². The first-order chi connectivity index (χ1) is 9.83. The lowest BCUT2D eigenvalue weighted by Gasteiger charge is -2.51. The van der Waals surface area contributed by atoms with Gasteiger partial charge in [0.15, 0.2) is 0 Å². The lowest BCUT2D eigenvalue weighted by Crippen LogP contribution is -2.41. The maximum absolute atomic E-state index is 2.61. The van der Waals surface area contributed by atoms with Crippen molar-refractivity contribution >= 4 is 0 Å². The number of fused-ring (bicyclic) bond motifs is 4. The maximum atomic E-state index is 2.61. The number of rotatable bonds is 2. The fourth-order valence-electron chi connectivity index (χ4n) is 7.00. The molecule has 5 atom stereocenters. The Kier molecular flexibility index (Phi) is 3.86. The molecule has 2 bridgehead atoms. The van der Waals surface area contributed by atoms with Gasteiger partial charge in [-0.15, -0.1) is 0 Å². The lowest BCUT2D eigenvalue weighted by molar-refractivity contribution is -0.00472. The van der Waals surface area contributed by atoms with E-state index in [9.17, 15) is 0 Å². The van der Waals surface area contributed by atoms with Gasteiger partial charge >= 0.3 is 0 Å². The van der Waals surface area contributed by atoms with Crippen molar-refractivity contribution in [1.82, 2.24) is 0 Å². The molecule has 20 heavy (non-hydrogen) atoms. The Morgan fingerprint density at radius 2 is 1.35 bits per heavy atom. The molecule has 0 aromatic carbocycles. The molecule has 0 nitrogen and oxygen atoms in total. The van der Waals surface area contributed by atoms with E-state index in [0.717, 1.165) is 41.4 Å². The Hall–Kier alpha value is 0. The summed E-state index contributed by atoms with van der Waals surface area (Å²) in [5, 5.41) is 0. The van der Waals surface area contributed by atoms with E-state index in [1.807, 2.05) is 0 Å². The molecular formula is C20H34. The largest absolute Gasteiger partial charge is 0.0620 e. The van der Waals surface area contributed by atoms with Gasteiger partial charge in [-0.05, 0) is 80.0 Å². The summed E-state index contributed by atoms with van der Waals surface area (Å²) in [6, 6.07) is 0. The highest BCUT2D eigenvalue weighted by Gasteiger charge is 2.44. The van der Waals surface area contributed by atoms with Crippen LogP contribution in [0.5, 0.6) is 0 Å². The Morgan fingerprint density at radius 1 is 0.650 bits per heavy atom. The second kappa shape index (κ2) is 5.65. The molecule has 0 spiro atoms. The van der Waals surface area contributed by atoms with Crippen LogP contribution in [0.2, 0.25) is 0 Å². The molecular weight excluding hydrogens is 240 g/mol. The highest BCUT2D eigenvalue weighted by molar-refractivity contribution is 4.94. The molecule has 0 saturated heterocycles. The van der Waals surface area contributed by atoms with Crippen molar-refractivity contribution in [2.75, 3.05) is 0 Å². The van der Waals surface area contributed by atoms with Gasteiger partial charge in [-0.1, -0.05) is 45.4 Å². The highest BCUT2D eigenvalue weighted by Crippen LogP contribution is 2.54. The average Bonchev–Trinajstić information content (AvgIpc) is 2.51. The quantitative estimate of drug-likeness (QED) is 0.574. The van der Waals surface area contributed by atoms with Crippen molar-refractivity contribution in [3.05, 3.63) is 0 Å². The molecule has 0 heteroatoms. The molecule has 0 N–H and O–H groups in total. The molecule has 5 aliphatic carbocycles. The summed E-state index contributed by atoms with van der Waals surface area (Å²) in [6.07, 6.45) is 18.9. The molecule has 114 valence electrons. The summed E-state index contributed by atoms with van der Waals surface area (Å²) in [5.41, 5.74) is 0. The summed E-state index contributed by atoms with van der Waals surface area (Å²) >= 11 is 0. The van der Waals surface area contributed by atoms with Crippen molar-refractivity contribution in [1.29, 1.82) is 0 Å². The predicted octanol–water partition coefficient (Wildman–Crippen LogP) is 6.06. The fraction of sp³-hybridized carbons (Fsp3) is 1.00. The first-order valence-electron chi connectivity index (χ1n) is 9.83. The molecule has 0 radical (unpaired) electrons. The molecule has 0 amide bonds. The summed E-state index contributed by atoms with van der Waals surface area (Å²) in [5.74, 6) is 7.82. The normalized spacial score (nSPS) is 51.8. The van der Waals surface area contributed by atoms with Crippen molar-refractivity contribution in [2.24, 2.45) is 41.4 Å². The number of hydrogen-bond donors (Lipinski definition) is 0. The molecule has 0 aliphatic heterocycles. The zero-order valence-corrected chi connectivity index (χ0v) is 13.5. The van der Waals surface area contributed by atoms with E-state index < -0.39 is 0 Å². The molecule has 5 unspecified atom stereocenters. The van der Waals surface area contributed by atoms with Crippen LogP contribution < -0.4 is 0 Å². The van der Waals surface area contributed by atoms with Gasteiger partial charge < -0.3 is 0 Å². The molecule has 5 fully saturated rings. The van der Waals surface area contributed by atoms with Crippen molar-refractivity contribution in [3.8, 4) is 0 Å². The van der Waals surface area contributed by atoms with Crippen LogP contribution in [0.25, 0.3) is 0 Å². The van der Waals surface area contributed by atoms with Gasteiger partial charge in [0.2, 0.25) is 0 Å². The predicted molar refractivity (Wildman–Crippen MR) is 85.5 cm³/mol. The van der Waals surface area contributed by atoms with E-state index >= 15 is 0 Å². The third-order valence-electron chi connectivity index (χ3n) is 8.14. The second-order valence-electron chi connectivity index (χ2n) is 8.83. The van der Waals surface area contributed by atoms with Crippen LogP contribution in [0.1, 0.15) is 84.0 Å². The van der Waals surface area contributed by atoms with Crippen LogP contribution in [0, 0.1) is 41.4 Å². The van der Waals surface area contributed by atoms with Gasteiger partial charge in [0, 0.05) is 0 Å². The standard InChI is InChI=1S/C20H34/c1-14-15-9-11-17(12-10-15)20(14)13-18-7-4-6-16-5-2-3-8-19(16)18/h14-20H,2-13H2,1H3. The van der Waals surface area contributed by atoms with Crippen molar-refractivity contribution in [2.45, 2.75) is 84.0 Å². The van der Waals surface area contributed by atoms with Gasteiger partial charge in [0.1, 0.15) is 0 Å². The Morgan fingerprint density at radius 3 is 2.15 bits per heavy atom. The lowest BCUT2D eigenvalue weighted by atomic mass is 9.55. The Bertz CT molecular complexity index is 321. The van der Waals surface area contributed by atoms with Crippen molar-refractivity contribution in [3.63, 3.8) is 0 Å². The fourth-order valence-corrected chi connectivity index (χ4v) is 7.00. The maximum Gasteiger partial charge on any atom is -0.0355 e. The van der Waals surface area contributed by atoms with Gasteiger partial charge in [0.25, 0.3) is 0 Å². The number of hydrogen-bond acceptors (Lipinski definition) is 0. The van der Waals surface area contributed by atoms with Crippen LogP contribution in [-0.4, -0.2) is 0 Å². The Labute approximate surface area is 126 Å². The summed E-state index contributed by atoms with van der Waals surface area (Å²) < 4.78 is 0. The highest BCUT2D eigenvalue weighted by atomic mass is 14.5. The first-order valence-corrected chi connectivity index (χ1v) is 9.83. The van der Waals surface area contributed by atoms with Gasteiger partial charge in [0.05, 0.1) is 0 Å². The van der Waals surface area contributed by atoms with Crippen molar-refractivity contribution < 1.29 is 0 Å². The molecule has 5 saturated carbocycles. The summed E-state index contributed by atoms with van der Waals surface area (Å²) in [7, 11) is 0. The molecule has 0 aromatic rings. The van der Waals surface area contributed by atoms with E-state index in [-0.39, 0.29) is 0 Å². The third-order valence-corrected chi connectivity index (χ3v) is 8.14.